The lowest BCUT2D eigenvalue weighted by molar-refractivity contribution is -0.384. The molecule has 1 aliphatic rings. The number of likely N-dealkylation sites (tertiary alicyclic amines) is 1. The van der Waals surface area contributed by atoms with Crippen molar-refractivity contribution in [1.29, 1.82) is 0 Å². The topological polar surface area (TPSA) is 93.0 Å². The quantitative estimate of drug-likeness (QED) is 0.447. The van der Waals surface area contributed by atoms with Gasteiger partial charge in [-0.2, -0.15) is 0 Å². The number of hydrogen-bond donors (Lipinski definition) is 0. The molecule has 8 nitrogen and oxygen atoms in total. The second-order valence-corrected chi connectivity index (χ2v) is 5.76. The SMILES string of the molecule is C=CCN(Cc1cccc([N+](=O)[O-])c1)C(=O)[C@H]1CCCN1C(=O)OC. The van der Waals surface area contributed by atoms with Gasteiger partial charge in [-0.1, -0.05) is 18.2 Å². The van der Waals surface area contributed by atoms with Crippen LogP contribution >= 0.6 is 0 Å². The minimum Gasteiger partial charge on any atom is -0.453 e. The highest BCUT2D eigenvalue weighted by molar-refractivity contribution is 5.86. The first-order valence-corrected chi connectivity index (χ1v) is 7.95. The fraction of sp³-hybridized carbons (Fsp3) is 0.412. The highest BCUT2D eigenvalue weighted by Gasteiger charge is 2.37. The molecular formula is C17H21N3O5. The van der Waals surface area contributed by atoms with E-state index in [1.807, 2.05) is 0 Å². The summed E-state index contributed by atoms with van der Waals surface area (Å²) in [5.41, 5.74) is 0.618. The number of carbonyl (C=O) groups excluding carboxylic acids is 2. The van der Waals surface area contributed by atoms with E-state index in [2.05, 4.69) is 6.58 Å². The van der Waals surface area contributed by atoms with Crippen molar-refractivity contribution < 1.29 is 19.2 Å². The average molecular weight is 347 g/mol. The molecule has 1 heterocycles. The van der Waals surface area contributed by atoms with Crippen molar-refractivity contribution in [2.75, 3.05) is 20.2 Å². The summed E-state index contributed by atoms with van der Waals surface area (Å²) in [4.78, 5) is 38.1. The summed E-state index contributed by atoms with van der Waals surface area (Å²) in [5.74, 6) is -0.214. The van der Waals surface area contributed by atoms with Crippen LogP contribution in [0, 0.1) is 10.1 Å². The van der Waals surface area contributed by atoms with Crippen LogP contribution in [0.5, 0.6) is 0 Å². The largest absolute Gasteiger partial charge is 0.453 e. The molecule has 0 aromatic heterocycles. The summed E-state index contributed by atoms with van der Waals surface area (Å²) in [6, 6.07) is 5.57. The van der Waals surface area contributed by atoms with Crippen LogP contribution < -0.4 is 0 Å². The lowest BCUT2D eigenvalue weighted by Gasteiger charge is -2.29. The molecule has 0 aliphatic carbocycles. The first-order chi connectivity index (χ1) is 12.0. The van der Waals surface area contributed by atoms with E-state index in [9.17, 15) is 19.7 Å². The Morgan fingerprint density at radius 1 is 1.52 bits per heavy atom. The molecule has 1 aliphatic heterocycles. The maximum Gasteiger partial charge on any atom is 0.410 e. The number of benzene rings is 1. The van der Waals surface area contributed by atoms with Crippen LogP contribution in [0.15, 0.2) is 36.9 Å². The van der Waals surface area contributed by atoms with Crippen molar-refractivity contribution in [3.63, 3.8) is 0 Å². The Labute approximate surface area is 145 Å². The van der Waals surface area contributed by atoms with E-state index in [0.717, 1.165) is 6.42 Å². The maximum absolute atomic E-state index is 12.9. The predicted molar refractivity (Wildman–Crippen MR) is 90.8 cm³/mol. The van der Waals surface area contributed by atoms with Crippen LogP contribution in [0.3, 0.4) is 0 Å². The number of carbonyl (C=O) groups is 2. The molecule has 1 aromatic rings. The van der Waals surface area contributed by atoms with Crippen molar-refractivity contribution in [3.05, 3.63) is 52.6 Å². The van der Waals surface area contributed by atoms with Crippen LogP contribution in [0.4, 0.5) is 10.5 Å². The first kappa shape index (κ1) is 18.4. The highest BCUT2D eigenvalue weighted by atomic mass is 16.6. The fourth-order valence-electron chi connectivity index (χ4n) is 2.95. The third-order valence-corrected chi connectivity index (χ3v) is 4.10. The van der Waals surface area contributed by atoms with E-state index in [4.69, 9.17) is 4.74 Å². The van der Waals surface area contributed by atoms with Gasteiger partial charge in [0.2, 0.25) is 5.91 Å². The molecule has 25 heavy (non-hydrogen) atoms. The molecule has 1 aromatic carbocycles. The van der Waals surface area contributed by atoms with Gasteiger partial charge in [-0.3, -0.25) is 19.8 Å². The average Bonchev–Trinajstić information content (AvgIpc) is 3.10. The van der Waals surface area contributed by atoms with Gasteiger partial charge in [-0.05, 0) is 18.4 Å². The minimum absolute atomic E-state index is 0.0273. The number of amides is 2. The van der Waals surface area contributed by atoms with Crippen molar-refractivity contribution in [1.82, 2.24) is 9.80 Å². The summed E-state index contributed by atoms with van der Waals surface area (Å²) in [6.07, 6.45) is 2.36. The Balaban J connectivity index is 2.18. The zero-order valence-corrected chi connectivity index (χ0v) is 14.1. The molecule has 8 heteroatoms. The molecule has 0 radical (unpaired) electrons. The maximum atomic E-state index is 12.9. The second-order valence-electron chi connectivity index (χ2n) is 5.76. The van der Waals surface area contributed by atoms with Crippen LogP contribution in [-0.4, -0.2) is 53.0 Å². The monoisotopic (exact) mass is 347 g/mol. The molecule has 1 saturated heterocycles. The molecule has 2 rings (SSSR count). The summed E-state index contributed by atoms with van der Waals surface area (Å²) in [6.45, 7) is 4.63. The van der Waals surface area contributed by atoms with Crippen LogP contribution in [0.25, 0.3) is 0 Å². The zero-order chi connectivity index (χ0) is 18.4. The Kier molecular flexibility index (Phi) is 6.10. The standard InChI is InChI=1S/C17H21N3O5/c1-3-9-18(12-13-6-4-7-14(11-13)20(23)24)16(21)15-8-5-10-19(15)17(22)25-2/h3-4,6-7,11,15H,1,5,8-10,12H2,2H3/t15-/m1/s1. The van der Waals surface area contributed by atoms with E-state index in [1.54, 1.807) is 18.2 Å². The van der Waals surface area contributed by atoms with Gasteiger partial charge >= 0.3 is 6.09 Å². The third-order valence-electron chi connectivity index (χ3n) is 4.10. The van der Waals surface area contributed by atoms with Gasteiger partial charge in [-0.25, -0.2) is 4.79 Å². The van der Waals surface area contributed by atoms with Crippen LogP contribution in [-0.2, 0) is 16.1 Å². The molecule has 0 bridgehead atoms. The van der Waals surface area contributed by atoms with E-state index >= 15 is 0 Å². The number of hydrogen-bond acceptors (Lipinski definition) is 5. The number of methoxy groups -OCH3 is 1. The molecule has 1 atom stereocenters. The Hall–Kier alpha value is -2.90. The minimum atomic E-state index is -0.578. The van der Waals surface area contributed by atoms with Crippen LogP contribution in [0.2, 0.25) is 0 Å². The normalized spacial score (nSPS) is 16.4. The molecule has 0 saturated carbocycles. The smallest absolute Gasteiger partial charge is 0.410 e. The summed E-state index contributed by atoms with van der Waals surface area (Å²) in [5, 5.41) is 10.9. The molecule has 0 N–H and O–H groups in total. The van der Waals surface area contributed by atoms with Gasteiger partial charge in [0, 0.05) is 31.8 Å². The van der Waals surface area contributed by atoms with Crippen LogP contribution in [0.1, 0.15) is 18.4 Å². The van der Waals surface area contributed by atoms with E-state index in [-0.39, 0.29) is 24.7 Å². The summed E-state index contributed by atoms with van der Waals surface area (Å²) < 4.78 is 4.74. The molecule has 2 amide bonds. The van der Waals surface area contributed by atoms with Gasteiger partial charge in [0.05, 0.1) is 12.0 Å². The van der Waals surface area contributed by atoms with Gasteiger partial charge in [0.15, 0.2) is 0 Å². The molecule has 134 valence electrons. The highest BCUT2D eigenvalue weighted by Crippen LogP contribution is 2.22. The van der Waals surface area contributed by atoms with Gasteiger partial charge in [0.1, 0.15) is 6.04 Å². The van der Waals surface area contributed by atoms with Crippen molar-refractivity contribution in [2.45, 2.75) is 25.4 Å². The molecule has 0 unspecified atom stereocenters. The zero-order valence-electron chi connectivity index (χ0n) is 14.1. The van der Waals surface area contributed by atoms with E-state index < -0.39 is 17.1 Å². The third kappa shape index (κ3) is 4.34. The number of rotatable bonds is 6. The lowest BCUT2D eigenvalue weighted by Crippen LogP contribution is -2.47. The number of non-ortho nitro benzene ring substituents is 1. The Bertz CT molecular complexity index is 676. The molecular weight excluding hydrogens is 326 g/mol. The van der Waals surface area contributed by atoms with Crippen molar-refractivity contribution in [3.8, 4) is 0 Å². The van der Waals surface area contributed by atoms with Crippen molar-refractivity contribution in [2.24, 2.45) is 0 Å². The van der Waals surface area contributed by atoms with Gasteiger partial charge in [0.25, 0.3) is 5.69 Å². The Morgan fingerprint density at radius 3 is 2.92 bits per heavy atom. The number of nitro benzene ring substituents is 1. The van der Waals surface area contributed by atoms with Gasteiger partial charge in [-0.15, -0.1) is 6.58 Å². The predicted octanol–water partition coefficient (Wildman–Crippen LogP) is 2.34. The molecule has 0 spiro atoms. The van der Waals surface area contributed by atoms with Gasteiger partial charge < -0.3 is 9.64 Å². The summed E-state index contributed by atoms with van der Waals surface area (Å²) >= 11 is 0. The number of ether oxygens (including phenoxy) is 1. The Morgan fingerprint density at radius 2 is 2.28 bits per heavy atom. The lowest BCUT2D eigenvalue weighted by atomic mass is 10.1. The van der Waals surface area contributed by atoms with Crippen molar-refractivity contribution >= 4 is 17.7 Å². The molecule has 1 fully saturated rings. The number of nitrogens with zero attached hydrogens (tertiary/aromatic N) is 3. The first-order valence-electron chi connectivity index (χ1n) is 7.95. The number of nitro groups is 1. The second kappa shape index (κ2) is 8.27. The van der Waals surface area contributed by atoms with E-state index in [1.165, 1.54) is 29.0 Å². The summed E-state index contributed by atoms with van der Waals surface area (Å²) in [7, 11) is 1.28. The van der Waals surface area contributed by atoms with E-state index in [0.29, 0.717) is 18.5 Å². The fourth-order valence-corrected chi connectivity index (χ4v) is 2.95.